The van der Waals surface area contributed by atoms with Crippen LogP contribution in [0.2, 0.25) is 0 Å². The molecule has 2 aromatic rings. The fourth-order valence-corrected chi connectivity index (χ4v) is 2.46. The molecule has 3 rings (SSSR count). The summed E-state index contributed by atoms with van der Waals surface area (Å²) in [7, 11) is 0. The molecule has 1 aliphatic rings. The van der Waals surface area contributed by atoms with Crippen LogP contribution in [0.15, 0.2) is 54.6 Å². The Labute approximate surface area is 146 Å². The summed E-state index contributed by atoms with van der Waals surface area (Å²) in [5.41, 5.74) is 7.57. The molecule has 1 atom stereocenters. The summed E-state index contributed by atoms with van der Waals surface area (Å²) in [6.07, 6.45) is 1.48. The molecule has 25 heavy (non-hydrogen) atoms. The van der Waals surface area contributed by atoms with Crippen LogP contribution in [-0.2, 0) is 4.79 Å². The van der Waals surface area contributed by atoms with Gasteiger partial charge in [-0.2, -0.15) is 0 Å². The predicted octanol–water partition coefficient (Wildman–Crippen LogP) is 3.00. The van der Waals surface area contributed by atoms with Crippen molar-refractivity contribution in [3.63, 3.8) is 0 Å². The minimum absolute atomic E-state index is 0.107. The molecule has 0 aliphatic heterocycles. The van der Waals surface area contributed by atoms with Crippen molar-refractivity contribution in [2.24, 2.45) is 5.73 Å². The first-order chi connectivity index (χ1) is 12.0. The molecule has 0 aromatic heterocycles. The second kappa shape index (κ2) is 6.94. The first-order valence-electron chi connectivity index (χ1n) is 8.29. The second-order valence-corrected chi connectivity index (χ2v) is 6.42. The molecule has 1 fully saturated rings. The van der Waals surface area contributed by atoms with Crippen LogP contribution in [0.5, 0.6) is 0 Å². The van der Waals surface area contributed by atoms with Crippen molar-refractivity contribution >= 4 is 23.3 Å². The topological polar surface area (TPSA) is 96.2 Å². The minimum Gasteiger partial charge on any atom is -0.348 e. The van der Waals surface area contributed by atoms with Crippen LogP contribution in [0, 0.1) is 0 Å². The molecule has 5 N–H and O–H groups in total. The summed E-state index contributed by atoms with van der Waals surface area (Å²) in [6.45, 7) is 1.91. The highest BCUT2D eigenvalue weighted by molar-refractivity contribution is 5.99. The van der Waals surface area contributed by atoms with Crippen molar-refractivity contribution in [2.45, 2.75) is 31.3 Å². The van der Waals surface area contributed by atoms with Gasteiger partial charge in [0.15, 0.2) is 0 Å². The fourth-order valence-electron chi connectivity index (χ4n) is 2.46. The Morgan fingerprint density at radius 3 is 2.08 bits per heavy atom. The van der Waals surface area contributed by atoms with Crippen LogP contribution in [0.4, 0.5) is 16.2 Å². The van der Waals surface area contributed by atoms with E-state index in [1.54, 1.807) is 12.1 Å². The van der Waals surface area contributed by atoms with Gasteiger partial charge in [0.25, 0.3) is 0 Å². The van der Waals surface area contributed by atoms with Gasteiger partial charge in [0.05, 0.1) is 11.6 Å². The van der Waals surface area contributed by atoms with E-state index in [0.29, 0.717) is 5.69 Å². The van der Waals surface area contributed by atoms with E-state index in [2.05, 4.69) is 16.0 Å². The van der Waals surface area contributed by atoms with E-state index in [1.165, 1.54) is 0 Å². The van der Waals surface area contributed by atoms with Gasteiger partial charge >= 0.3 is 6.03 Å². The number of nitrogens with two attached hydrogens (primary N) is 1. The Bertz CT molecular complexity index is 755. The fraction of sp³-hybridized carbons (Fsp3) is 0.263. The average Bonchev–Trinajstić information content (AvgIpc) is 3.35. The molecule has 6 heteroatoms. The van der Waals surface area contributed by atoms with Gasteiger partial charge in [-0.25, -0.2) is 4.79 Å². The van der Waals surface area contributed by atoms with E-state index < -0.39 is 5.54 Å². The van der Waals surface area contributed by atoms with Crippen molar-refractivity contribution in [1.82, 2.24) is 5.32 Å². The van der Waals surface area contributed by atoms with Crippen LogP contribution in [0.3, 0.4) is 0 Å². The van der Waals surface area contributed by atoms with Gasteiger partial charge in [-0.15, -0.1) is 0 Å². The molecular weight excluding hydrogens is 316 g/mol. The minimum atomic E-state index is -0.675. The van der Waals surface area contributed by atoms with Crippen LogP contribution in [-0.4, -0.2) is 17.5 Å². The molecule has 6 nitrogen and oxygen atoms in total. The van der Waals surface area contributed by atoms with Crippen molar-refractivity contribution in [1.29, 1.82) is 0 Å². The molecular formula is C19H22N4O2. The van der Waals surface area contributed by atoms with Crippen LogP contribution >= 0.6 is 0 Å². The zero-order chi connectivity index (χ0) is 17.9. The van der Waals surface area contributed by atoms with Crippen molar-refractivity contribution in [2.75, 3.05) is 10.6 Å². The Morgan fingerprint density at radius 1 is 0.960 bits per heavy atom. The number of hydrogen-bond donors (Lipinski definition) is 4. The lowest BCUT2D eigenvalue weighted by molar-refractivity contribution is -0.123. The zero-order valence-electron chi connectivity index (χ0n) is 14.1. The molecule has 0 radical (unpaired) electrons. The summed E-state index contributed by atoms with van der Waals surface area (Å²) >= 11 is 0. The normalized spacial score (nSPS) is 15.8. The van der Waals surface area contributed by atoms with Crippen molar-refractivity contribution < 1.29 is 9.59 Å². The van der Waals surface area contributed by atoms with Crippen molar-refractivity contribution in [3.8, 4) is 0 Å². The largest absolute Gasteiger partial charge is 0.348 e. The molecule has 130 valence electrons. The highest BCUT2D eigenvalue weighted by Crippen LogP contribution is 2.33. The number of urea groups is 1. The molecule has 2 aromatic carbocycles. The van der Waals surface area contributed by atoms with Gasteiger partial charge in [-0.1, -0.05) is 30.3 Å². The maximum Gasteiger partial charge on any atom is 0.323 e. The Morgan fingerprint density at radius 2 is 1.52 bits per heavy atom. The van der Waals surface area contributed by atoms with E-state index in [0.717, 1.165) is 24.1 Å². The number of carbonyl (C=O) groups is 2. The van der Waals surface area contributed by atoms with E-state index in [-0.39, 0.29) is 18.0 Å². The zero-order valence-corrected chi connectivity index (χ0v) is 14.1. The molecule has 1 aliphatic carbocycles. The summed E-state index contributed by atoms with van der Waals surface area (Å²) in [5, 5.41) is 8.46. The van der Waals surface area contributed by atoms with Crippen LogP contribution in [0.1, 0.15) is 31.4 Å². The van der Waals surface area contributed by atoms with Gasteiger partial charge in [-0.05, 0) is 49.6 Å². The third-order valence-corrected chi connectivity index (χ3v) is 4.29. The third-order valence-electron chi connectivity index (χ3n) is 4.29. The van der Waals surface area contributed by atoms with Gasteiger partial charge in [0.1, 0.15) is 0 Å². The number of carbonyl (C=O) groups excluding carboxylic acids is 2. The highest BCUT2D eigenvalue weighted by Gasteiger charge is 2.46. The lowest BCUT2D eigenvalue weighted by Gasteiger charge is -2.17. The van der Waals surface area contributed by atoms with Crippen molar-refractivity contribution in [3.05, 3.63) is 60.2 Å². The molecule has 3 amide bonds. The van der Waals surface area contributed by atoms with Gasteiger partial charge in [0.2, 0.25) is 5.91 Å². The number of amides is 3. The van der Waals surface area contributed by atoms with E-state index in [4.69, 9.17) is 5.73 Å². The standard InChI is InChI=1S/C19H22N4O2/c1-13(21-17(24)19(20)11-12-19)14-7-9-16(10-8-14)23-18(25)22-15-5-3-2-4-6-15/h2-10,13H,11-12,20H2,1H3,(H,21,24)(H2,22,23,25). The lowest BCUT2D eigenvalue weighted by atomic mass is 10.1. The number of para-hydroxylation sites is 1. The second-order valence-electron chi connectivity index (χ2n) is 6.42. The van der Waals surface area contributed by atoms with E-state index in [9.17, 15) is 9.59 Å². The Kier molecular flexibility index (Phi) is 4.72. The number of benzene rings is 2. The monoisotopic (exact) mass is 338 g/mol. The van der Waals surface area contributed by atoms with Crippen LogP contribution < -0.4 is 21.7 Å². The van der Waals surface area contributed by atoms with E-state index in [1.807, 2.05) is 49.4 Å². The molecule has 0 bridgehead atoms. The summed E-state index contributed by atoms with van der Waals surface area (Å²) < 4.78 is 0. The maximum atomic E-state index is 12.0. The predicted molar refractivity (Wildman–Crippen MR) is 98.2 cm³/mol. The van der Waals surface area contributed by atoms with E-state index >= 15 is 0 Å². The molecule has 0 heterocycles. The Balaban J connectivity index is 1.54. The maximum absolute atomic E-state index is 12.0. The number of anilines is 2. The molecule has 0 saturated heterocycles. The summed E-state index contributed by atoms with van der Waals surface area (Å²) in [4.78, 5) is 24.0. The summed E-state index contributed by atoms with van der Waals surface area (Å²) in [5.74, 6) is -0.107. The van der Waals surface area contributed by atoms with Gasteiger partial charge in [-0.3, -0.25) is 4.79 Å². The Hall–Kier alpha value is -2.86. The first-order valence-corrected chi connectivity index (χ1v) is 8.29. The number of hydrogen-bond acceptors (Lipinski definition) is 3. The first kappa shape index (κ1) is 17.0. The lowest BCUT2D eigenvalue weighted by Crippen LogP contribution is -2.43. The van der Waals surface area contributed by atoms with Gasteiger partial charge < -0.3 is 21.7 Å². The molecule has 1 saturated carbocycles. The quantitative estimate of drug-likeness (QED) is 0.675. The van der Waals surface area contributed by atoms with Gasteiger partial charge in [0, 0.05) is 11.4 Å². The highest BCUT2D eigenvalue weighted by atomic mass is 16.2. The number of rotatable bonds is 5. The molecule has 1 unspecified atom stereocenters. The average molecular weight is 338 g/mol. The number of nitrogens with one attached hydrogen (secondary N) is 3. The van der Waals surface area contributed by atoms with Crippen LogP contribution in [0.25, 0.3) is 0 Å². The summed E-state index contributed by atoms with van der Waals surface area (Å²) in [6, 6.07) is 16.1. The smallest absolute Gasteiger partial charge is 0.323 e. The SMILES string of the molecule is CC(NC(=O)C1(N)CC1)c1ccc(NC(=O)Nc2ccccc2)cc1. The third kappa shape index (κ3) is 4.36. The molecule has 0 spiro atoms.